The van der Waals surface area contributed by atoms with E-state index in [0.717, 1.165) is 17.5 Å². The first-order chi connectivity index (χ1) is 13.4. The fourth-order valence-corrected chi connectivity index (χ4v) is 5.93. The van der Waals surface area contributed by atoms with Crippen molar-refractivity contribution in [3.05, 3.63) is 29.3 Å². The van der Waals surface area contributed by atoms with E-state index in [9.17, 15) is 13.2 Å². The number of benzene rings is 1. The molecule has 1 amide bonds. The molecule has 1 saturated heterocycles. The molecule has 1 heterocycles. The first-order valence-corrected chi connectivity index (χ1v) is 12.2. The van der Waals surface area contributed by atoms with E-state index in [0.29, 0.717) is 43.2 Å². The molecular formula is C22H34N2O3S. The van der Waals surface area contributed by atoms with Gasteiger partial charge in [0.1, 0.15) is 0 Å². The number of hydrogen-bond acceptors (Lipinski definition) is 3. The van der Waals surface area contributed by atoms with Crippen molar-refractivity contribution in [2.24, 2.45) is 5.92 Å². The third-order valence-electron chi connectivity index (χ3n) is 6.44. The molecule has 0 radical (unpaired) electrons. The summed E-state index contributed by atoms with van der Waals surface area (Å²) in [6.45, 7) is 4.84. The molecule has 0 spiro atoms. The first kappa shape index (κ1) is 21.3. The Bertz CT molecular complexity index is 777. The van der Waals surface area contributed by atoms with Crippen LogP contribution in [0.15, 0.2) is 23.1 Å². The van der Waals surface area contributed by atoms with Gasteiger partial charge in [-0.1, -0.05) is 38.2 Å². The Labute approximate surface area is 169 Å². The van der Waals surface area contributed by atoms with Crippen LogP contribution in [0.2, 0.25) is 0 Å². The Morgan fingerprint density at radius 2 is 1.71 bits per heavy atom. The van der Waals surface area contributed by atoms with Gasteiger partial charge in [-0.25, -0.2) is 8.42 Å². The summed E-state index contributed by atoms with van der Waals surface area (Å²) >= 11 is 0. The predicted octanol–water partition coefficient (Wildman–Crippen LogP) is 3.93. The molecular weight excluding hydrogens is 372 g/mol. The van der Waals surface area contributed by atoms with Crippen LogP contribution in [0.3, 0.4) is 0 Å². The van der Waals surface area contributed by atoms with Gasteiger partial charge < -0.3 is 5.32 Å². The highest BCUT2D eigenvalue weighted by atomic mass is 32.2. The number of rotatable bonds is 6. The quantitative estimate of drug-likeness (QED) is 0.778. The van der Waals surface area contributed by atoms with Gasteiger partial charge in [-0.2, -0.15) is 4.31 Å². The normalized spacial score (nSPS) is 20.2. The van der Waals surface area contributed by atoms with Crippen molar-refractivity contribution in [1.29, 1.82) is 0 Å². The zero-order chi connectivity index (χ0) is 20.1. The van der Waals surface area contributed by atoms with Crippen molar-refractivity contribution in [3.63, 3.8) is 0 Å². The topological polar surface area (TPSA) is 66.5 Å². The van der Waals surface area contributed by atoms with Crippen molar-refractivity contribution in [1.82, 2.24) is 9.62 Å². The van der Waals surface area contributed by atoms with Gasteiger partial charge in [0.15, 0.2) is 0 Å². The van der Waals surface area contributed by atoms with E-state index in [-0.39, 0.29) is 11.9 Å². The molecule has 1 aromatic carbocycles. The number of nitrogens with one attached hydrogen (secondary N) is 1. The second kappa shape index (κ2) is 9.40. The summed E-state index contributed by atoms with van der Waals surface area (Å²) in [7, 11) is -3.46. The van der Waals surface area contributed by atoms with E-state index in [4.69, 9.17) is 0 Å². The van der Waals surface area contributed by atoms with Crippen LogP contribution < -0.4 is 5.32 Å². The number of carbonyl (C=O) groups excluding carboxylic acids is 1. The minimum Gasteiger partial charge on any atom is -0.353 e. The molecule has 0 unspecified atom stereocenters. The van der Waals surface area contributed by atoms with E-state index < -0.39 is 10.0 Å². The standard InChI is InChI=1S/C22H34N2O3S/c1-17-8-10-21(16-18(17)2)28(26,27)24-14-12-20(13-15-24)23-22(25)11-9-19-6-4-3-5-7-19/h8,10,16,19-20H,3-7,9,11-15H2,1-2H3,(H,23,25). The number of nitrogens with zero attached hydrogens (tertiary/aromatic N) is 1. The molecule has 0 aromatic heterocycles. The molecule has 0 bridgehead atoms. The summed E-state index contributed by atoms with van der Waals surface area (Å²) in [4.78, 5) is 12.6. The lowest BCUT2D eigenvalue weighted by atomic mass is 9.86. The summed E-state index contributed by atoms with van der Waals surface area (Å²) in [5.41, 5.74) is 2.08. The third-order valence-corrected chi connectivity index (χ3v) is 8.33. The molecule has 1 aliphatic heterocycles. The first-order valence-electron chi connectivity index (χ1n) is 10.7. The van der Waals surface area contributed by atoms with Gasteiger partial charge in [0.2, 0.25) is 15.9 Å². The molecule has 1 aliphatic carbocycles. The monoisotopic (exact) mass is 406 g/mol. The molecule has 2 fully saturated rings. The number of piperidine rings is 1. The van der Waals surface area contributed by atoms with Crippen LogP contribution in [0.1, 0.15) is 68.9 Å². The van der Waals surface area contributed by atoms with Gasteiger partial charge in [0.25, 0.3) is 0 Å². The van der Waals surface area contributed by atoms with Gasteiger partial charge in [0.05, 0.1) is 4.90 Å². The molecule has 1 aromatic rings. The summed E-state index contributed by atoms with van der Waals surface area (Å²) < 4.78 is 27.3. The highest BCUT2D eigenvalue weighted by molar-refractivity contribution is 7.89. The number of hydrogen-bond donors (Lipinski definition) is 1. The van der Waals surface area contributed by atoms with E-state index in [1.807, 2.05) is 19.9 Å². The Hall–Kier alpha value is -1.40. The number of amides is 1. The average molecular weight is 407 g/mol. The van der Waals surface area contributed by atoms with Crippen molar-refractivity contribution in [2.75, 3.05) is 13.1 Å². The molecule has 1 saturated carbocycles. The fraction of sp³-hybridized carbons (Fsp3) is 0.682. The maximum Gasteiger partial charge on any atom is 0.243 e. The summed E-state index contributed by atoms with van der Waals surface area (Å²) in [6.07, 6.45) is 9.44. The number of aryl methyl sites for hydroxylation is 2. The van der Waals surface area contributed by atoms with Gasteiger partial charge in [0, 0.05) is 25.6 Å². The molecule has 1 N–H and O–H groups in total. The predicted molar refractivity (Wildman–Crippen MR) is 112 cm³/mol. The van der Waals surface area contributed by atoms with E-state index >= 15 is 0 Å². The zero-order valence-corrected chi connectivity index (χ0v) is 18.1. The molecule has 3 rings (SSSR count). The van der Waals surface area contributed by atoms with Crippen LogP contribution in [0, 0.1) is 19.8 Å². The van der Waals surface area contributed by atoms with Gasteiger partial charge >= 0.3 is 0 Å². The lowest BCUT2D eigenvalue weighted by Crippen LogP contribution is -2.46. The smallest absolute Gasteiger partial charge is 0.243 e. The third kappa shape index (κ3) is 5.35. The highest BCUT2D eigenvalue weighted by Crippen LogP contribution is 2.27. The summed E-state index contributed by atoms with van der Waals surface area (Å²) in [5, 5.41) is 3.13. The van der Waals surface area contributed by atoms with Crippen LogP contribution >= 0.6 is 0 Å². The number of carbonyl (C=O) groups is 1. The maximum absolute atomic E-state index is 12.9. The Morgan fingerprint density at radius 3 is 2.36 bits per heavy atom. The summed E-state index contributed by atoms with van der Waals surface area (Å²) in [6, 6.07) is 5.40. The largest absolute Gasteiger partial charge is 0.353 e. The molecule has 2 aliphatic rings. The molecule has 0 atom stereocenters. The second-order valence-electron chi connectivity index (χ2n) is 8.53. The maximum atomic E-state index is 12.9. The molecule has 28 heavy (non-hydrogen) atoms. The molecule has 5 nitrogen and oxygen atoms in total. The highest BCUT2D eigenvalue weighted by Gasteiger charge is 2.30. The Kier molecular flexibility index (Phi) is 7.15. The minimum atomic E-state index is -3.46. The van der Waals surface area contributed by atoms with Crippen molar-refractivity contribution in [3.8, 4) is 0 Å². The van der Waals surface area contributed by atoms with Crippen molar-refractivity contribution < 1.29 is 13.2 Å². The lowest BCUT2D eigenvalue weighted by Gasteiger charge is -2.32. The molecule has 156 valence electrons. The summed E-state index contributed by atoms with van der Waals surface area (Å²) in [5.74, 6) is 0.838. The molecule has 6 heteroatoms. The van der Waals surface area contributed by atoms with Gasteiger partial charge in [-0.3, -0.25) is 4.79 Å². The van der Waals surface area contributed by atoms with Crippen LogP contribution in [-0.4, -0.2) is 37.8 Å². The van der Waals surface area contributed by atoms with Crippen LogP contribution in [0.4, 0.5) is 0 Å². The second-order valence-corrected chi connectivity index (χ2v) is 10.5. The number of sulfonamides is 1. The van der Waals surface area contributed by atoms with E-state index in [1.165, 1.54) is 32.1 Å². The van der Waals surface area contributed by atoms with Gasteiger partial charge in [-0.15, -0.1) is 0 Å². The fourth-order valence-electron chi connectivity index (χ4n) is 4.37. The van der Waals surface area contributed by atoms with Crippen molar-refractivity contribution >= 4 is 15.9 Å². The Morgan fingerprint density at radius 1 is 1.04 bits per heavy atom. The lowest BCUT2D eigenvalue weighted by molar-refractivity contribution is -0.122. The van der Waals surface area contributed by atoms with Crippen molar-refractivity contribution in [2.45, 2.75) is 82.6 Å². The Balaban J connectivity index is 1.47. The van der Waals surface area contributed by atoms with E-state index in [1.54, 1.807) is 16.4 Å². The minimum absolute atomic E-state index is 0.0880. The van der Waals surface area contributed by atoms with Gasteiger partial charge in [-0.05, 0) is 62.3 Å². The SMILES string of the molecule is Cc1ccc(S(=O)(=O)N2CCC(NC(=O)CCC3CCCCC3)CC2)cc1C. The zero-order valence-electron chi connectivity index (χ0n) is 17.2. The van der Waals surface area contributed by atoms with Crippen LogP contribution in [0.25, 0.3) is 0 Å². The van der Waals surface area contributed by atoms with E-state index in [2.05, 4.69) is 5.32 Å². The van der Waals surface area contributed by atoms with Crippen LogP contribution in [0.5, 0.6) is 0 Å². The van der Waals surface area contributed by atoms with Crippen LogP contribution in [-0.2, 0) is 14.8 Å². The average Bonchev–Trinajstić information content (AvgIpc) is 2.69.